The van der Waals surface area contributed by atoms with E-state index in [1.807, 2.05) is 6.92 Å². The van der Waals surface area contributed by atoms with Crippen molar-refractivity contribution in [1.29, 1.82) is 0 Å². The lowest BCUT2D eigenvalue weighted by molar-refractivity contribution is 0.0229. The fourth-order valence-electron chi connectivity index (χ4n) is 2.47. The molecule has 0 spiro atoms. The number of amides is 1. The number of hydrogen-bond donors (Lipinski definition) is 2. The van der Waals surface area contributed by atoms with E-state index in [1.54, 1.807) is 6.92 Å². The van der Waals surface area contributed by atoms with Crippen LogP contribution in [0.15, 0.2) is 21.3 Å². The van der Waals surface area contributed by atoms with Gasteiger partial charge in [-0.1, -0.05) is 6.92 Å². The Morgan fingerprint density at radius 2 is 2.21 bits per heavy atom. The van der Waals surface area contributed by atoms with E-state index in [9.17, 15) is 14.7 Å². The van der Waals surface area contributed by atoms with Crippen LogP contribution >= 0.6 is 0 Å². The zero-order valence-electron chi connectivity index (χ0n) is 11.2. The lowest BCUT2D eigenvalue weighted by Gasteiger charge is -2.37. The summed E-state index contributed by atoms with van der Waals surface area (Å²) >= 11 is 0. The Morgan fingerprint density at radius 3 is 2.74 bits per heavy atom. The number of rotatable bonds is 4. The number of aliphatic hydroxyl groups excluding tert-OH is 1. The zero-order valence-corrected chi connectivity index (χ0v) is 11.2. The maximum Gasteiger partial charge on any atom is 0.287 e. The third-order valence-corrected chi connectivity index (χ3v) is 3.59. The maximum absolute atomic E-state index is 12.0. The Hall–Kier alpha value is -1.62. The van der Waals surface area contributed by atoms with Crippen molar-refractivity contribution in [2.45, 2.75) is 45.3 Å². The molecular weight excluding hydrogens is 246 g/mol. The number of aryl methyl sites for hydroxylation is 1. The number of carbonyl (C=O) groups is 1. The largest absolute Gasteiger partial charge is 0.456 e. The molecule has 2 rings (SSSR count). The maximum atomic E-state index is 12.0. The van der Waals surface area contributed by atoms with Crippen molar-refractivity contribution >= 4 is 5.91 Å². The average molecular weight is 265 g/mol. The van der Waals surface area contributed by atoms with E-state index in [4.69, 9.17) is 4.42 Å². The fraction of sp³-hybridized carbons (Fsp3) is 0.571. The minimum absolute atomic E-state index is 0.0155. The number of aliphatic hydroxyl groups is 1. The van der Waals surface area contributed by atoms with Crippen LogP contribution in [-0.4, -0.2) is 23.2 Å². The second kappa shape index (κ2) is 5.57. The molecule has 1 aromatic heterocycles. The number of hydrogen-bond acceptors (Lipinski definition) is 4. The first kappa shape index (κ1) is 13.8. The molecule has 0 bridgehead atoms. The lowest BCUT2D eigenvalue weighted by atomic mass is 9.76. The summed E-state index contributed by atoms with van der Waals surface area (Å²) in [6.07, 6.45) is 1.99. The Labute approximate surface area is 111 Å². The highest BCUT2D eigenvalue weighted by Crippen LogP contribution is 2.31. The Kier molecular flexibility index (Phi) is 4.04. The summed E-state index contributed by atoms with van der Waals surface area (Å²) in [4.78, 5) is 23.4. The molecular formula is C14H19NO4. The summed E-state index contributed by atoms with van der Waals surface area (Å²) in [5, 5.41) is 12.2. The van der Waals surface area contributed by atoms with E-state index in [0.29, 0.717) is 11.7 Å². The summed E-state index contributed by atoms with van der Waals surface area (Å²) in [5.74, 6) is 0.405. The third kappa shape index (κ3) is 3.23. The van der Waals surface area contributed by atoms with Gasteiger partial charge in [-0.15, -0.1) is 0 Å². The average Bonchev–Trinajstić information content (AvgIpc) is 2.31. The molecule has 0 aliphatic heterocycles. The molecule has 1 saturated carbocycles. The fourth-order valence-corrected chi connectivity index (χ4v) is 2.47. The molecule has 5 nitrogen and oxygen atoms in total. The van der Waals surface area contributed by atoms with Crippen LogP contribution in [-0.2, 0) is 0 Å². The molecule has 0 aromatic carbocycles. The minimum Gasteiger partial charge on any atom is -0.456 e. The standard InChI is InChI=1S/C14H19NO4/c1-3-12(9-5-11(17)6-9)15-14(18)13-7-10(16)4-8(2)19-13/h4,7,9,11-12,17H,3,5-6H2,1-2H3,(H,15,18). The Bertz CT molecular complexity index is 516. The molecule has 104 valence electrons. The van der Waals surface area contributed by atoms with Crippen LogP contribution < -0.4 is 10.7 Å². The van der Waals surface area contributed by atoms with E-state index in [2.05, 4.69) is 5.32 Å². The van der Waals surface area contributed by atoms with Crippen molar-refractivity contribution in [1.82, 2.24) is 5.32 Å². The highest BCUT2D eigenvalue weighted by atomic mass is 16.3. The predicted octanol–water partition coefficient (Wildman–Crippen LogP) is 1.23. The van der Waals surface area contributed by atoms with E-state index in [1.165, 1.54) is 12.1 Å². The summed E-state index contributed by atoms with van der Waals surface area (Å²) in [6, 6.07) is 2.56. The normalized spacial score (nSPS) is 23.5. The van der Waals surface area contributed by atoms with Gasteiger partial charge in [-0.3, -0.25) is 9.59 Å². The SMILES string of the molecule is CCC(NC(=O)c1cc(=O)cc(C)o1)C1CC(O)C1. The molecule has 1 heterocycles. The molecule has 1 unspecified atom stereocenters. The molecule has 19 heavy (non-hydrogen) atoms. The van der Waals surface area contributed by atoms with E-state index in [-0.39, 0.29) is 29.2 Å². The first-order valence-electron chi connectivity index (χ1n) is 6.60. The van der Waals surface area contributed by atoms with Gasteiger partial charge in [-0.25, -0.2) is 0 Å². The first-order chi connectivity index (χ1) is 8.99. The van der Waals surface area contributed by atoms with Crippen molar-refractivity contribution < 1.29 is 14.3 Å². The van der Waals surface area contributed by atoms with E-state index in [0.717, 1.165) is 19.3 Å². The molecule has 1 aliphatic rings. The van der Waals surface area contributed by atoms with Crippen LogP contribution in [0.5, 0.6) is 0 Å². The van der Waals surface area contributed by atoms with Gasteiger partial charge in [0.05, 0.1) is 6.10 Å². The van der Waals surface area contributed by atoms with Crippen LogP contribution in [0, 0.1) is 12.8 Å². The molecule has 1 amide bonds. The van der Waals surface area contributed by atoms with Gasteiger partial charge in [0.1, 0.15) is 5.76 Å². The molecule has 0 saturated heterocycles. The predicted molar refractivity (Wildman–Crippen MR) is 70.0 cm³/mol. The van der Waals surface area contributed by atoms with Gasteiger partial charge in [0.2, 0.25) is 0 Å². The van der Waals surface area contributed by atoms with Crippen LogP contribution in [0.3, 0.4) is 0 Å². The van der Waals surface area contributed by atoms with Gasteiger partial charge in [0.25, 0.3) is 5.91 Å². The molecule has 1 aliphatic carbocycles. The van der Waals surface area contributed by atoms with E-state index < -0.39 is 0 Å². The summed E-state index contributed by atoms with van der Waals surface area (Å²) < 4.78 is 5.26. The van der Waals surface area contributed by atoms with Gasteiger partial charge in [-0.05, 0) is 32.1 Å². The lowest BCUT2D eigenvalue weighted by Crippen LogP contribution is -2.46. The van der Waals surface area contributed by atoms with Gasteiger partial charge in [0.15, 0.2) is 11.2 Å². The molecule has 0 radical (unpaired) electrons. The highest BCUT2D eigenvalue weighted by Gasteiger charge is 2.34. The smallest absolute Gasteiger partial charge is 0.287 e. The third-order valence-electron chi connectivity index (χ3n) is 3.59. The second-order valence-corrected chi connectivity index (χ2v) is 5.14. The Morgan fingerprint density at radius 1 is 1.53 bits per heavy atom. The number of nitrogens with one attached hydrogen (secondary N) is 1. The van der Waals surface area contributed by atoms with Crippen molar-refractivity contribution in [3.8, 4) is 0 Å². The van der Waals surface area contributed by atoms with Crippen molar-refractivity contribution in [2.24, 2.45) is 5.92 Å². The Balaban J connectivity index is 2.05. The second-order valence-electron chi connectivity index (χ2n) is 5.14. The van der Waals surface area contributed by atoms with Gasteiger partial charge in [-0.2, -0.15) is 0 Å². The van der Waals surface area contributed by atoms with Crippen LogP contribution in [0.2, 0.25) is 0 Å². The summed E-state index contributed by atoms with van der Waals surface area (Å²) in [7, 11) is 0. The van der Waals surface area contributed by atoms with E-state index >= 15 is 0 Å². The van der Waals surface area contributed by atoms with Crippen LogP contribution in [0.25, 0.3) is 0 Å². The van der Waals surface area contributed by atoms with Crippen molar-refractivity contribution in [3.05, 3.63) is 33.9 Å². The molecule has 1 aromatic rings. The molecule has 1 fully saturated rings. The van der Waals surface area contributed by atoms with Gasteiger partial charge < -0.3 is 14.8 Å². The number of carbonyl (C=O) groups excluding carboxylic acids is 1. The molecule has 2 N–H and O–H groups in total. The van der Waals surface area contributed by atoms with Crippen molar-refractivity contribution in [2.75, 3.05) is 0 Å². The topological polar surface area (TPSA) is 79.5 Å². The molecule has 1 atom stereocenters. The van der Waals surface area contributed by atoms with Gasteiger partial charge in [0, 0.05) is 18.2 Å². The highest BCUT2D eigenvalue weighted by molar-refractivity contribution is 5.91. The zero-order chi connectivity index (χ0) is 14.0. The quantitative estimate of drug-likeness (QED) is 0.858. The molecule has 5 heteroatoms. The minimum atomic E-state index is -0.367. The van der Waals surface area contributed by atoms with Crippen LogP contribution in [0.1, 0.15) is 42.5 Å². The van der Waals surface area contributed by atoms with Gasteiger partial charge >= 0.3 is 0 Å². The monoisotopic (exact) mass is 265 g/mol. The summed E-state index contributed by atoms with van der Waals surface area (Å²) in [6.45, 7) is 3.62. The van der Waals surface area contributed by atoms with Crippen LogP contribution in [0.4, 0.5) is 0 Å². The van der Waals surface area contributed by atoms with Crippen molar-refractivity contribution in [3.63, 3.8) is 0 Å². The first-order valence-corrected chi connectivity index (χ1v) is 6.60. The summed E-state index contributed by atoms with van der Waals surface area (Å²) in [5.41, 5.74) is -0.235.